The molecule has 0 amide bonds. The summed E-state index contributed by atoms with van der Waals surface area (Å²) in [4.78, 5) is 0. The van der Waals surface area contributed by atoms with Gasteiger partial charge < -0.3 is 4.74 Å². The minimum Gasteiger partial charge on any atom is -0.457 e. The summed E-state index contributed by atoms with van der Waals surface area (Å²) >= 11 is 0. The van der Waals surface area contributed by atoms with Crippen LogP contribution < -0.4 is 4.74 Å². The highest BCUT2D eigenvalue weighted by Crippen LogP contribution is 2.26. The quantitative estimate of drug-likeness (QED) is 0.798. The van der Waals surface area contributed by atoms with Crippen LogP contribution in [0, 0.1) is 29.6 Å². The molecule has 0 atom stereocenters. The van der Waals surface area contributed by atoms with E-state index in [0.717, 1.165) is 5.56 Å². The average Bonchev–Trinajstić information content (AvgIpc) is 2.41. The average molecular weight is 234 g/mol. The number of ether oxygens (including phenoxy) is 1. The van der Waals surface area contributed by atoms with Gasteiger partial charge in [-0.25, -0.2) is 0 Å². The van der Waals surface area contributed by atoms with Gasteiger partial charge in [0.25, 0.3) is 0 Å². The molecule has 3 nitrogen and oxygen atoms in total. The topological polar surface area (TPSA) is 56.8 Å². The fourth-order valence-electron chi connectivity index (χ4n) is 1.54. The van der Waals surface area contributed by atoms with Crippen molar-refractivity contribution in [2.45, 2.75) is 6.92 Å². The van der Waals surface area contributed by atoms with Crippen LogP contribution in [0.5, 0.6) is 11.5 Å². The second kappa shape index (κ2) is 5.03. The summed E-state index contributed by atoms with van der Waals surface area (Å²) in [6.07, 6.45) is 0. The molecule has 3 heteroatoms. The first kappa shape index (κ1) is 11.7. The van der Waals surface area contributed by atoms with Gasteiger partial charge in [-0.2, -0.15) is 10.5 Å². The summed E-state index contributed by atoms with van der Waals surface area (Å²) in [5.41, 5.74) is 2.03. The van der Waals surface area contributed by atoms with E-state index in [1.165, 1.54) is 0 Å². The Bertz CT molecular complexity index is 663. The molecule has 0 saturated carbocycles. The largest absolute Gasteiger partial charge is 0.457 e. The first-order valence-corrected chi connectivity index (χ1v) is 5.41. The fraction of sp³-hybridized carbons (Fsp3) is 0.0667. The number of nitriles is 2. The zero-order chi connectivity index (χ0) is 13.0. The summed E-state index contributed by atoms with van der Waals surface area (Å²) in [6, 6.07) is 16.3. The molecule has 2 aromatic carbocycles. The molecule has 18 heavy (non-hydrogen) atoms. The van der Waals surface area contributed by atoms with E-state index in [4.69, 9.17) is 15.3 Å². The Morgan fingerprint density at radius 1 is 0.944 bits per heavy atom. The van der Waals surface area contributed by atoms with E-state index in [9.17, 15) is 0 Å². The zero-order valence-corrected chi connectivity index (χ0v) is 9.84. The Balaban J connectivity index is 2.34. The van der Waals surface area contributed by atoms with E-state index in [-0.39, 0.29) is 0 Å². The van der Waals surface area contributed by atoms with E-state index in [2.05, 4.69) is 12.1 Å². The minimum atomic E-state index is 0.543. The van der Waals surface area contributed by atoms with Crippen LogP contribution in [0.2, 0.25) is 0 Å². The molecule has 0 radical (unpaired) electrons. The second-order valence-corrected chi connectivity index (χ2v) is 3.83. The van der Waals surface area contributed by atoms with E-state index in [1.807, 2.05) is 13.0 Å². The number of aryl methyl sites for hydroxylation is 1. The Kier molecular flexibility index (Phi) is 3.27. The van der Waals surface area contributed by atoms with Gasteiger partial charge in [0.1, 0.15) is 11.5 Å². The Morgan fingerprint density at radius 2 is 1.67 bits per heavy atom. The van der Waals surface area contributed by atoms with Crippen LogP contribution in [-0.2, 0) is 0 Å². The monoisotopic (exact) mass is 234 g/mol. The van der Waals surface area contributed by atoms with E-state index in [0.29, 0.717) is 22.6 Å². The predicted octanol–water partition coefficient (Wildman–Crippen LogP) is 3.53. The van der Waals surface area contributed by atoms with E-state index < -0.39 is 0 Å². The summed E-state index contributed by atoms with van der Waals surface area (Å²) in [5, 5.41) is 17.7. The van der Waals surface area contributed by atoms with Crippen molar-refractivity contribution < 1.29 is 4.74 Å². The van der Waals surface area contributed by atoms with Gasteiger partial charge in [0.15, 0.2) is 0 Å². The van der Waals surface area contributed by atoms with E-state index in [1.54, 1.807) is 36.4 Å². The van der Waals surface area contributed by atoms with Crippen LogP contribution in [-0.4, -0.2) is 0 Å². The lowest BCUT2D eigenvalue weighted by atomic mass is 10.1. The number of hydrogen-bond donors (Lipinski definition) is 0. The van der Waals surface area contributed by atoms with Crippen LogP contribution in [0.4, 0.5) is 0 Å². The molecule has 0 saturated heterocycles. The van der Waals surface area contributed by atoms with Crippen molar-refractivity contribution in [1.29, 1.82) is 10.5 Å². The third-order valence-electron chi connectivity index (χ3n) is 2.51. The van der Waals surface area contributed by atoms with Gasteiger partial charge in [-0.1, -0.05) is 12.1 Å². The van der Waals surface area contributed by atoms with Crippen LogP contribution in [0.15, 0.2) is 42.5 Å². The zero-order valence-electron chi connectivity index (χ0n) is 9.84. The molecule has 0 aromatic heterocycles. The molecule has 0 fully saturated rings. The summed E-state index contributed by atoms with van der Waals surface area (Å²) < 4.78 is 5.69. The lowest BCUT2D eigenvalue weighted by Crippen LogP contribution is -1.89. The van der Waals surface area contributed by atoms with Gasteiger partial charge in [-0.05, 0) is 42.8 Å². The fourth-order valence-corrected chi connectivity index (χ4v) is 1.54. The molecule has 0 unspecified atom stereocenters. The Labute approximate surface area is 105 Å². The van der Waals surface area contributed by atoms with Gasteiger partial charge in [-0.15, -0.1) is 0 Å². The van der Waals surface area contributed by atoms with E-state index >= 15 is 0 Å². The molecule has 0 spiro atoms. The molecule has 0 heterocycles. The lowest BCUT2D eigenvalue weighted by Gasteiger charge is -2.08. The van der Waals surface area contributed by atoms with Crippen molar-refractivity contribution in [3.8, 4) is 23.6 Å². The molecular formula is C15H10N2O. The molecule has 2 aromatic rings. The van der Waals surface area contributed by atoms with Crippen LogP contribution >= 0.6 is 0 Å². The lowest BCUT2D eigenvalue weighted by molar-refractivity contribution is 0.478. The third-order valence-corrected chi connectivity index (χ3v) is 2.51. The molecule has 86 valence electrons. The predicted molar refractivity (Wildman–Crippen MR) is 67.1 cm³/mol. The molecule has 0 aliphatic rings. The maximum Gasteiger partial charge on any atom is 0.131 e. The Hall–Kier alpha value is -2.78. The molecule has 2 rings (SSSR count). The van der Waals surface area contributed by atoms with Gasteiger partial charge in [-0.3, -0.25) is 0 Å². The number of nitrogens with zero attached hydrogens (tertiary/aromatic N) is 2. The van der Waals surface area contributed by atoms with Gasteiger partial charge in [0, 0.05) is 0 Å². The molecular weight excluding hydrogens is 224 g/mol. The summed E-state index contributed by atoms with van der Waals surface area (Å²) in [5.74, 6) is 1.22. The standard InChI is InChI=1S/C15H10N2O/c1-11-5-6-13(10-17)8-15(11)18-14-4-2-3-12(7-14)9-16/h2-8H,1H3. The molecule has 0 aliphatic heterocycles. The van der Waals surface area contributed by atoms with Crippen LogP contribution in [0.1, 0.15) is 16.7 Å². The number of benzene rings is 2. The van der Waals surface area contributed by atoms with Crippen LogP contribution in [0.3, 0.4) is 0 Å². The van der Waals surface area contributed by atoms with Gasteiger partial charge in [0.2, 0.25) is 0 Å². The normalized spacial score (nSPS) is 9.28. The van der Waals surface area contributed by atoms with Crippen LogP contribution in [0.25, 0.3) is 0 Å². The van der Waals surface area contributed by atoms with Crippen molar-refractivity contribution in [3.63, 3.8) is 0 Å². The maximum absolute atomic E-state index is 8.85. The Morgan fingerprint density at radius 3 is 2.39 bits per heavy atom. The highest BCUT2D eigenvalue weighted by Gasteiger charge is 2.03. The first-order valence-electron chi connectivity index (χ1n) is 5.41. The van der Waals surface area contributed by atoms with Crippen molar-refractivity contribution >= 4 is 0 Å². The van der Waals surface area contributed by atoms with Gasteiger partial charge in [0.05, 0.1) is 23.3 Å². The highest BCUT2D eigenvalue weighted by molar-refractivity contribution is 5.45. The minimum absolute atomic E-state index is 0.543. The van der Waals surface area contributed by atoms with Crippen molar-refractivity contribution in [3.05, 3.63) is 59.2 Å². The molecule has 0 aliphatic carbocycles. The third kappa shape index (κ3) is 2.48. The van der Waals surface area contributed by atoms with Crippen molar-refractivity contribution in [2.75, 3.05) is 0 Å². The number of hydrogen-bond acceptors (Lipinski definition) is 3. The molecule has 0 bridgehead atoms. The molecule has 0 N–H and O–H groups in total. The summed E-state index contributed by atoms with van der Waals surface area (Å²) in [7, 11) is 0. The highest BCUT2D eigenvalue weighted by atomic mass is 16.5. The second-order valence-electron chi connectivity index (χ2n) is 3.83. The maximum atomic E-state index is 8.85. The van der Waals surface area contributed by atoms with Crippen molar-refractivity contribution in [2.24, 2.45) is 0 Å². The summed E-state index contributed by atoms with van der Waals surface area (Å²) in [6.45, 7) is 1.91. The number of rotatable bonds is 2. The van der Waals surface area contributed by atoms with Gasteiger partial charge >= 0.3 is 0 Å². The smallest absolute Gasteiger partial charge is 0.131 e. The van der Waals surface area contributed by atoms with Crippen molar-refractivity contribution in [1.82, 2.24) is 0 Å². The first-order chi connectivity index (χ1) is 8.72. The SMILES string of the molecule is Cc1ccc(C#N)cc1Oc1cccc(C#N)c1.